The molecule has 1 aromatic carbocycles. The SMILES string of the molecule is CC(C)(C)OC(=O)NC1CCN(CC2CCC(Nc3ccc(C4CCC(=O)NC4=O)cc3)CC2)CC1. The summed E-state index contributed by atoms with van der Waals surface area (Å²) in [5.41, 5.74) is 1.60. The number of amides is 3. The summed E-state index contributed by atoms with van der Waals surface area (Å²) < 4.78 is 5.39. The van der Waals surface area contributed by atoms with Crippen LogP contribution >= 0.6 is 0 Å². The Labute approximate surface area is 214 Å². The molecule has 1 unspecified atom stereocenters. The second-order valence-corrected chi connectivity index (χ2v) is 11.7. The van der Waals surface area contributed by atoms with Crippen LogP contribution in [0.2, 0.25) is 0 Å². The van der Waals surface area contributed by atoms with Gasteiger partial charge in [0, 0.05) is 43.8 Å². The molecule has 8 heteroatoms. The molecule has 0 bridgehead atoms. The standard InChI is InChI=1S/C28H42N4O4/c1-28(2,3)36-27(35)30-23-14-16-32(17-15-23)18-19-4-8-21(9-5-19)29-22-10-6-20(7-11-22)24-12-13-25(33)31-26(24)34/h6-7,10-11,19,21,23-24,29H,4-5,8-9,12-18H2,1-3H3,(H,30,35)(H,31,33,34). The van der Waals surface area contributed by atoms with Crippen LogP contribution in [0.25, 0.3) is 0 Å². The molecule has 8 nitrogen and oxygen atoms in total. The molecule has 0 aromatic heterocycles. The number of anilines is 1. The fraction of sp³-hybridized carbons (Fsp3) is 0.679. The Morgan fingerprint density at radius 2 is 1.64 bits per heavy atom. The smallest absolute Gasteiger partial charge is 0.407 e. The van der Waals surface area contributed by atoms with Crippen molar-refractivity contribution in [3.8, 4) is 0 Å². The van der Waals surface area contributed by atoms with Gasteiger partial charge in [-0.25, -0.2) is 4.79 Å². The van der Waals surface area contributed by atoms with Crippen molar-refractivity contribution in [2.24, 2.45) is 5.92 Å². The van der Waals surface area contributed by atoms with E-state index >= 15 is 0 Å². The van der Waals surface area contributed by atoms with E-state index in [0.717, 1.165) is 62.5 Å². The van der Waals surface area contributed by atoms with Crippen LogP contribution in [-0.2, 0) is 14.3 Å². The number of hydrogen-bond acceptors (Lipinski definition) is 6. The van der Waals surface area contributed by atoms with E-state index in [0.29, 0.717) is 18.9 Å². The van der Waals surface area contributed by atoms with Crippen LogP contribution in [0.15, 0.2) is 24.3 Å². The maximum atomic E-state index is 12.1. The van der Waals surface area contributed by atoms with E-state index in [1.54, 1.807) is 0 Å². The average Bonchev–Trinajstić information content (AvgIpc) is 2.81. The molecule has 2 heterocycles. The van der Waals surface area contributed by atoms with E-state index < -0.39 is 5.60 Å². The number of carbonyl (C=O) groups is 3. The summed E-state index contributed by atoms with van der Waals surface area (Å²) in [5, 5.41) is 9.14. The normalized spacial score (nSPS) is 26.2. The molecule has 1 atom stereocenters. The Balaban J connectivity index is 1.14. The Hall–Kier alpha value is -2.61. The van der Waals surface area contributed by atoms with Crippen molar-refractivity contribution < 1.29 is 19.1 Å². The van der Waals surface area contributed by atoms with Crippen LogP contribution < -0.4 is 16.0 Å². The molecule has 3 aliphatic rings. The van der Waals surface area contributed by atoms with Gasteiger partial charge in [0.2, 0.25) is 11.8 Å². The molecular weight excluding hydrogens is 456 g/mol. The summed E-state index contributed by atoms with van der Waals surface area (Å²) in [6.07, 6.45) is 7.41. The third-order valence-electron chi connectivity index (χ3n) is 7.59. The highest BCUT2D eigenvalue weighted by molar-refractivity contribution is 6.00. The Kier molecular flexibility index (Phi) is 8.54. The van der Waals surface area contributed by atoms with E-state index in [1.165, 1.54) is 12.8 Å². The van der Waals surface area contributed by atoms with Crippen molar-refractivity contribution in [2.75, 3.05) is 25.0 Å². The molecule has 0 spiro atoms. The molecule has 36 heavy (non-hydrogen) atoms. The second-order valence-electron chi connectivity index (χ2n) is 11.7. The number of alkyl carbamates (subject to hydrolysis) is 1. The Bertz CT molecular complexity index is 910. The topological polar surface area (TPSA) is 99.8 Å². The van der Waals surface area contributed by atoms with Gasteiger partial charge in [0.05, 0.1) is 5.92 Å². The number of carbonyl (C=O) groups excluding carboxylic acids is 3. The van der Waals surface area contributed by atoms with Gasteiger partial charge in [-0.3, -0.25) is 14.9 Å². The van der Waals surface area contributed by atoms with Gasteiger partial charge in [0.1, 0.15) is 5.60 Å². The number of piperidine rings is 2. The van der Waals surface area contributed by atoms with Gasteiger partial charge in [-0.05, 0) is 89.3 Å². The average molecular weight is 499 g/mol. The summed E-state index contributed by atoms with van der Waals surface area (Å²) in [6.45, 7) is 8.86. The molecule has 198 valence electrons. The van der Waals surface area contributed by atoms with Crippen LogP contribution in [-0.4, -0.2) is 60.1 Å². The minimum absolute atomic E-state index is 0.176. The van der Waals surface area contributed by atoms with Gasteiger partial charge < -0.3 is 20.3 Å². The van der Waals surface area contributed by atoms with Crippen molar-refractivity contribution in [3.05, 3.63) is 29.8 Å². The summed E-state index contributed by atoms with van der Waals surface area (Å²) in [5.74, 6) is 0.136. The van der Waals surface area contributed by atoms with Gasteiger partial charge in [0.15, 0.2) is 0 Å². The lowest BCUT2D eigenvalue weighted by Gasteiger charge is -2.37. The first-order chi connectivity index (χ1) is 17.1. The zero-order valence-corrected chi connectivity index (χ0v) is 22.0. The summed E-state index contributed by atoms with van der Waals surface area (Å²) >= 11 is 0. The van der Waals surface area contributed by atoms with Crippen LogP contribution in [0.4, 0.5) is 10.5 Å². The number of nitrogens with one attached hydrogen (secondary N) is 3. The predicted molar refractivity (Wildman–Crippen MR) is 140 cm³/mol. The van der Waals surface area contributed by atoms with Crippen LogP contribution in [0.5, 0.6) is 0 Å². The lowest BCUT2D eigenvalue weighted by Crippen LogP contribution is -2.47. The van der Waals surface area contributed by atoms with Gasteiger partial charge in [-0.15, -0.1) is 0 Å². The lowest BCUT2D eigenvalue weighted by atomic mass is 9.85. The molecule has 3 N–H and O–H groups in total. The van der Waals surface area contributed by atoms with Crippen molar-refractivity contribution in [3.63, 3.8) is 0 Å². The number of hydrogen-bond donors (Lipinski definition) is 3. The number of imide groups is 1. The lowest BCUT2D eigenvalue weighted by molar-refractivity contribution is -0.134. The van der Waals surface area contributed by atoms with Crippen molar-refractivity contribution >= 4 is 23.6 Å². The maximum absolute atomic E-state index is 12.1. The first-order valence-electron chi connectivity index (χ1n) is 13.6. The summed E-state index contributed by atoms with van der Waals surface area (Å²) in [7, 11) is 0. The Morgan fingerprint density at radius 1 is 0.972 bits per heavy atom. The first kappa shape index (κ1) is 26.5. The number of ether oxygens (including phenoxy) is 1. The number of rotatable bonds is 6. The molecule has 0 radical (unpaired) electrons. The van der Waals surface area contributed by atoms with Crippen molar-refractivity contribution in [1.29, 1.82) is 0 Å². The number of nitrogens with zero attached hydrogens (tertiary/aromatic N) is 1. The van der Waals surface area contributed by atoms with E-state index in [2.05, 4.69) is 33.0 Å². The van der Waals surface area contributed by atoms with E-state index in [9.17, 15) is 14.4 Å². The van der Waals surface area contributed by atoms with Crippen LogP contribution in [0.3, 0.4) is 0 Å². The van der Waals surface area contributed by atoms with E-state index in [1.807, 2.05) is 32.9 Å². The van der Waals surface area contributed by atoms with Gasteiger partial charge >= 0.3 is 6.09 Å². The zero-order chi connectivity index (χ0) is 25.7. The predicted octanol–water partition coefficient (Wildman–Crippen LogP) is 4.17. The van der Waals surface area contributed by atoms with Crippen LogP contribution in [0, 0.1) is 5.92 Å². The third kappa shape index (κ3) is 7.69. The largest absolute Gasteiger partial charge is 0.444 e. The highest BCUT2D eigenvalue weighted by Gasteiger charge is 2.29. The molecular formula is C28H42N4O4. The molecule has 4 rings (SSSR count). The maximum Gasteiger partial charge on any atom is 0.407 e. The van der Waals surface area contributed by atoms with Gasteiger partial charge in [-0.1, -0.05) is 12.1 Å². The zero-order valence-electron chi connectivity index (χ0n) is 22.0. The van der Waals surface area contributed by atoms with Gasteiger partial charge in [0.25, 0.3) is 0 Å². The number of likely N-dealkylation sites (tertiary alicyclic amines) is 1. The first-order valence-corrected chi connectivity index (χ1v) is 13.6. The molecule has 1 saturated carbocycles. The van der Waals surface area contributed by atoms with E-state index in [-0.39, 0.29) is 29.9 Å². The minimum atomic E-state index is -0.461. The number of benzene rings is 1. The molecule has 1 aromatic rings. The monoisotopic (exact) mass is 498 g/mol. The molecule has 3 amide bonds. The molecule has 2 saturated heterocycles. The third-order valence-corrected chi connectivity index (χ3v) is 7.59. The fourth-order valence-electron chi connectivity index (χ4n) is 5.65. The molecule has 2 aliphatic heterocycles. The Morgan fingerprint density at radius 3 is 2.25 bits per heavy atom. The quantitative estimate of drug-likeness (QED) is 0.509. The highest BCUT2D eigenvalue weighted by atomic mass is 16.6. The van der Waals surface area contributed by atoms with Gasteiger partial charge in [-0.2, -0.15) is 0 Å². The fourth-order valence-corrected chi connectivity index (χ4v) is 5.65. The summed E-state index contributed by atoms with van der Waals surface area (Å²) in [6, 6.07) is 8.81. The van der Waals surface area contributed by atoms with Crippen LogP contribution in [0.1, 0.15) is 83.6 Å². The van der Waals surface area contributed by atoms with Crippen molar-refractivity contribution in [1.82, 2.24) is 15.5 Å². The molecule has 3 fully saturated rings. The minimum Gasteiger partial charge on any atom is -0.444 e. The second kappa shape index (κ2) is 11.6. The molecule has 1 aliphatic carbocycles. The summed E-state index contributed by atoms with van der Waals surface area (Å²) in [4.78, 5) is 38.1. The van der Waals surface area contributed by atoms with E-state index in [4.69, 9.17) is 4.74 Å². The highest BCUT2D eigenvalue weighted by Crippen LogP contribution is 2.30. The van der Waals surface area contributed by atoms with Crippen molar-refractivity contribution in [2.45, 2.75) is 95.7 Å².